The number of methoxy groups -OCH3 is 1. The minimum Gasteiger partial charge on any atom is -0.378 e. The molecule has 0 fully saturated rings. The lowest BCUT2D eigenvalue weighted by atomic mass is 10.1. The Morgan fingerprint density at radius 2 is 1.85 bits per heavy atom. The highest BCUT2D eigenvalue weighted by molar-refractivity contribution is 14.1. The van der Waals surface area contributed by atoms with E-state index in [9.17, 15) is 8.78 Å². The zero-order valence-electron chi connectivity index (χ0n) is 10.5. The van der Waals surface area contributed by atoms with Gasteiger partial charge in [0, 0.05) is 19.6 Å². The molecule has 1 aromatic heterocycles. The molecule has 0 atom stereocenters. The van der Waals surface area contributed by atoms with Crippen LogP contribution in [0.3, 0.4) is 0 Å². The summed E-state index contributed by atoms with van der Waals surface area (Å²) in [5.74, 6) is -0.866. The van der Waals surface area contributed by atoms with E-state index in [2.05, 4.69) is 9.97 Å². The van der Waals surface area contributed by atoms with Crippen molar-refractivity contribution in [3.05, 3.63) is 55.6 Å². The molecule has 0 bridgehead atoms. The number of benzene rings is 1. The van der Waals surface area contributed by atoms with Gasteiger partial charge in [-0.2, -0.15) is 0 Å². The van der Waals surface area contributed by atoms with Gasteiger partial charge in [-0.3, -0.25) is 0 Å². The van der Waals surface area contributed by atoms with E-state index in [-0.39, 0.29) is 6.42 Å². The summed E-state index contributed by atoms with van der Waals surface area (Å²) in [5, 5.41) is 0.305. The summed E-state index contributed by atoms with van der Waals surface area (Å²) in [6.45, 7) is 0.297. The Labute approximate surface area is 133 Å². The number of rotatable bonds is 4. The van der Waals surface area contributed by atoms with Crippen molar-refractivity contribution in [2.45, 2.75) is 13.0 Å². The Bertz CT molecular complexity index is 620. The molecule has 0 radical (unpaired) electrons. The average molecular weight is 411 g/mol. The summed E-state index contributed by atoms with van der Waals surface area (Å²) in [5.41, 5.74) is 1.10. The Kier molecular flexibility index (Phi) is 5.22. The van der Waals surface area contributed by atoms with Gasteiger partial charge in [-0.1, -0.05) is 11.6 Å². The quantitative estimate of drug-likeness (QED) is 0.569. The molecule has 2 rings (SSSR count). The van der Waals surface area contributed by atoms with Crippen LogP contribution in [0.25, 0.3) is 0 Å². The van der Waals surface area contributed by atoms with E-state index in [4.69, 9.17) is 16.3 Å². The minimum absolute atomic E-state index is 0.196. The molecule has 106 valence electrons. The normalized spacial score (nSPS) is 10.8. The highest BCUT2D eigenvalue weighted by Gasteiger charge is 2.12. The van der Waals surface area contributed by atoms with Crippen LogP contribution in [0.15, 0.2) is 18.2 Å². The molecule has 0 N–H and O–H groups in total. The first-order valence-corrected chi connectivity index (χ1v) is 7.10. The fourth-order valence-electron chi connectivity index (χ4n) is 1.72. The number of aromatic nitrogens is 2. The Balaban J connectivity index is 2.33. The van der Waals surface area contributed by atoms with E-state index in [1.807, 2.05) is 22.6 Å². The summed E-state index contributed by atoms with van der Waals surface area (Å²) in [7, 11) is 1.55. The van der Waals surface area contributed by atoms with E-state index in [0.717, 1.165) is 6.07 Å². The highest BCUT2D eigenvalue weighted by Crippen LogP contribution is 2.21. The molecule has 1 heterocycles. The molecule has 0 aliphatic rings. The van der Waals surface area contributed by atoms with Gasteiger partial charge in [-0.15, -0.1) is 0 Å². The molecule has 1 aromatic carbocycles. The summed E-state index contributed by atoms with van der Waals surface area (Å²) >= 11 is 8.05. The first-order chi connectivity index (χ1) is 9.49. The van der Waals surface area contributed by atoms with Gasteiger partial charge in [-0.05, 0) is 40.3 Å². The van der Waals surface area contributed by atoms with Crippen molar-refractivity contribution in [2.75, 3.05) is 7.11 Å². The fraction of sp³-hybridized carbons (Fsp3) is 0.231. The molecule has 0 saturated heterocycles. The number of ether oxygens (including phenoxy) is 1. The lowest BCUT2D eigenvalue weighted by Crippen LogP contribution is -2.05. The molecule has 0 spiro atoms. The number of hydrogen-bond acceptors (Lipinski definition) is 3. The van der Waals surface area contributed by atoms with Crippen LogP contribution in [-0.2, 0) is 17.8 Å². The first kappa shape index (κ1) is 15.5. The fourth-order valence-corrected chi connectivity index (χ4v) is 2.32. The largest absolute Gasteiger partial charge is 0.378 e. The van der Waals surface area contributed by atoms with Crippen LogP contribution in [-0.4, -0.2) is 17.1 Å². The predicted molar refractivity (Wildman–Crippen MR) is 79.6 cm³/mol. The molecular formula is C13H10ClF2IN2O. The molecule has 0 amide bonds. The average Bonchev–Trinajstić information content (AvgIpc) is 2.34. The van der Waals surface area contributed by atoms with Gasteiger partial charge in [0.05, 0.1) is 15.9 Å². The van der Waals surface area contributed by atoms with E-state index < -0.39 is 11.6 Å². The zero-order valence-corrected chi connectivity index (χ0v) is 13.4. The summed E-state index contributed by atoms with van der Waals surface area (Å²) in [6, 6.07) is 3.31. The van der Waals surface area contributed by atoms with Crippen molar-refractivity contribution in [3.63, 3.8) is 0 Å². The number of halogens is 4. The topological polar surface area (TPSA) is 35.0 Å². The number of nitrogens with zero attached hydrogens (tertiary/aromatic N) is 2. The first-order valence-electron chi connectivity index (χ1n) is 5.64. The van der Waals surface area contributed by atoms with Crippen LogP contribution in [0.4, 0.5) is 8.78 Å². The third-order valence-electron chi connectivity index (χ3n) is 2.49. The third-order valence-corrected chi connectivity index (χ3v) is 4.22. The van der Waals surface area contributed by atoms with Gasteiger partial charge < -0.3 is 4.74 Å². The van der Waals surface area contributed by atoms with Gasteiger partial charge in [0.1, 0.15) is 22.6 Å². The van der Waals surface area contributed by atoms with Gasteiger partial charge in [0.15, 0.2) is 0 Å². The van der Waals surface area contributed by atoms with Crippen LogP contribution in [0.5, 0.6) is 0 Å². The maximum absolute atomic E-state index is 13.1. The highest BCUT2D eigenvalue weighted by atomic mass is 127. The molecule has 0 saturated carbocycles. The van der Waals surface area contributed by atoms with E-state index in [0.29, 0.717) is 32.4 Å². The second-order valence-corrected chi connectivity index (χ2v) is 5.52. The van der Waals surface area contributed by atoms with Crippen molar-refractivity contribution in [1.29, 1.82) is 0 Å². The van der Waals surface area contributed by atoms with Crippen LogP contribution in [0, 0.1) is 15.2 Å². The van der Waals surface area contributed by atoms with E-state index >= 15 is 0 Å². The molecule has 0 aliphatic carbocycles. The lowest BCUT2D eigenvalue weighted by molar-refractivity contribution is 0.180. The molecule has 20 heavy (non-hydrogen) atoms. The minimum atomic E-state index is -0.631. The summed E-state index contributed by atoms with van der Waals surface area (Å²) < 4.78 is 32.0. The summed E-state index contributed by atoms with van der Waals surface area (Å²) in [4.78, 5) is 8.42. The predicted octanol–water partition coefficient (Wildman–Crippen LogP) is 3.75. The standard InChI is InChI=1S/C13H10ClF2IN2O/c1-20-6-10-12(17)13(14)19-11(18-10)4-7-2-8(15)5-9(16)3-7/h2-3,5H,4,6H2,1H3. The lowest BCUT2D eigenvalue weighted by Gasteiger charge is -2.08. The Hall–Kier alpha value is -0.860. The van der Waals surface area contributed by atoms with Crippen LogP contribution >= 0.6 is 34.2 Å². The molecule has 0 aliphatic heterocycles. The van der Waals surface area contributed by atoms with Gasteiger partial charge in [-0.25, -0.2) is 18.7 Å². The van der Waals surface area contributed by atoms with E-state index in [1.54, 1.807) is 7.11 Å². The second-order valence-electron chi connectivity index (χ2n) is 4.08. The van der Waals surface area contributed by atoms with Crippen molar-refractivity contribution in [2.24, 2.45) is 0 Å². The SMILES string of the molecule is COCc1nc(Cc2cc(F)cc(F)c2)nc(Cl)c1I. The van der Waals surface area contributed by atoms with Gasteiger partial charge in [0.25, 0.3) is 0 Å². The molecule has 3 nitrogen and oxygen atoms in total. The van der Waals surface area contributed by atoms with Crippen LogP contribution in [0.2, 0.25) is 5.15 Å². The summed E-state index contributed by atoms with van der Waals surface area (Å²) in [6.07, 6.45) is 0.196. The zero-order chi connectivity index (χ0) is 14.7. The maximum atomic E-state index is 13.1. The molecule has 2 aromatic rings. The molecule has 7 heteroatoms. The third kappa shape index (κ3) is 3.83. The van der Waals surface area contributed by atoms with E-state index in [1.165, 1.54) is 12.1 Å². The van der Waals surface area contributed by atoms with Crippen molar-refractivity contribution >= 4 is 34.2 Å². The Morgan fingerprint density at radius 3 is 2.45 bits per heavy atom. The molecule has 0 unspecified atom stereocenters. The van der Waals surface area contributed by atoms with Crippen LogP contribution in [0.1, 0.15) is 17.1 Å². The molecular weight excluding hydrogens is 401 g/mol. The number of hydrogen-bond donors (Lipinski definition) is 0. The van der Waals surface area contributed by atoms with Crippen molar-refractivity contribution in [1.82, 2.24) is 9.97 Å². The Morgan fingerprint density at radius 1 is 1.20 bits per heavy atom. The maximum Gasteiger partial charge on any atom is 0.146 e. The van der Waals surface area contributed by atoms with Crippen molar-refractivity contribution in [3.8, 4) is 0 Å². The van der Waals surface area contributed by atoms with Crippen molar-refractivity contribution < 1.29 is 13.5 Å². The van der Waals surface area contributed by atoms with Gasteiger partial charge in [0.2, 0.25) is 0 Å². The monoisotopic (exact) mass is 410 g/mol. The second kappa shape index (κ2) is 6.73. The van der Waals surface area contributed by atoms with Gasteiger partial charge >= 0.3 is 0 Å². The van der Waals surface area contributed by atoms with Crippen LogP contribution < -0.4 is 0 Å². The smallest absolute Gasteiger partial charge is 0.146 e.